The molecule has 0 unspecified atom stereocenters. The van der Waals surface area contributed by atoms with E-state index in [0.717, 1.165) is 22.6 Å². The van der Waals surface area contributed by atoms with Gasteiger partial charge in [0, 0.05) is 18.4 Å². The number of azo groups is 1. The molecule has 0 aliphatic heterocycles. The monoisotopic (exact) mass is 318 g/mol. The first kappa shape index (κ1) is 17.2. The Labute approximate surface area is 143 Å². The van der Waals surface area contributed by atoms with Crippen molar-refractivity contribution in [1.29, 1.82) is 0 Å². The maximum Gasteiger partial charge on any atom is 0.0858 e. The molecule has 2 rings (SSSR count). The largest absolute Gasteiger partial charge is 0.394 e. The molecule has 0 fully saturated rings. The molecule has 4 heteroatoms. The highest BCUT2D eigenvalue weighted by Gasteiger charge is 1.96. The predicted molar refractivity (Wildman–Crippen MR) is 102 cm³/mol. The molecule has 4 nitrogen and oxygen atoms in total. The Bertz CT molecular complexity index is 741. The average Bonchev–Trinajstić information content (AvgIpc) is 2.62. The fraction of sp³-hybridized carbons (Fsp3) is 0.100. The fourth-order valence-corrected chi connectivity index (χ4v) is 1.88. The van der Waals surface area contributed by atoms with E-state index in [1.54, 1.807) is 0 Å². The number of nitrogens with zero attached hydrogens (tertiary/aromatic N) is 2. The zero-order valence-corrected chi connectivity index (χ0v) is 14.0. The maximum atomic E-state index is 4.22. The van der Waals surface area contributed by atoms with Crippen molar-refractivity contribution in [2.24, 2.45) is 10.2 Å². The first-order valence-electron chi connectivity index (χ1n) is 7.73. The Balaban J connectivity index is 1.97. The lowest BCUT2D eigenvalue weighted by Gasteiger charge is -2.05. The van der Waals surface area contributed by atoms with Gasteiger partial charge in [0.15, 0.2) is 0 Å². The van der Waals surface area contributed by atoms with Crippen LogP contribution in [0.4, 0.5) is 17.1 Å². The lowest BCUT2D eigenvalue weighted by Crippen LogP contribution is -1.90. The molecule has 0 aliphatic rings. The summed E-state index contributed by atoms with van der Waals surface area (Å²) in [6.45, 7) is 5.88. The molecule has 0 aliphatic carbocycles. The third-order valence-corrected chi connectivity index (χ3v) is 3.28. The molecule has 0 saturated carbocycles. The molecule has 2 aromatic rings. The summed E-state index contributed by atoms with van der Waals surface area (Å²) in [6.07, 6.45) is 5.68. The highest BCUT2D eigenvalue weighted by Crippen LogP contribution is 2.21. The molecular weight excluding hydrogens is 296 g/mol. The van der Waals surface area contributed by atoms with Crippen molar-refractivity contribution < 1.29 is 0 Å². The maximum absolute atomic E-state index is 4.22. The minimum atomic E-state index is 0.641. The van der Waals surface area contributed by atoms with Gasteiger partial charge in [0.25, 0.3) is 0 Å². The van der Waals surface area contributed by atoms with Crippen molar-refractivity contribution in [3.05, 3.63) is 90.8 Å². The van der Waals surface area contributed by atoms with E-state index < -0.39 is 0 Å². The Hall–Kier alpha value is -3.14. The number of hydrogen-bond donors (Lipinski definition) is 2. The first-order valence-corrected chi connectivity index (χ1v) is 7.73. The van der Waals surface area contributed by atoms with Gasteiger partial charge in [-0.05, 0) is 61.2 Å². The third-order valence-electron chi connectivity index (χ3n) is 3.28. The van der Waals surface area contributed by atoms with Crippen LogP contribution in [0.1, 0.15) is 6.92 Å². The van der Waals surface area contributed by atoms with E-state index in [4.69, 9.17) is 0 Å². The van der Waals surface area contributed by atoms with Gasteiger partial charge in [0.05, 0.1) is 11.4 Å². The first-order chi connectivity index (χ1) is 11.7. The topological polar surface area (TPSA) is 48.8 Å². The van der Waals surface area contributed by atoms with Gasteiger partial charge in [-0.3, -0.25) is 0 Å². The van der Waals surface area contributed by atoms with Gasteiger partial charge in [-0.2, -0.15) is 10.2 Å². The van der Waals surface area contributed by atoms with Crippen LogP contribution in [-0.2, 0) is 0 Å². The molecule has 122 valence electrons. The molecule has 0 aromatic heterocycles. The van der Waals surface area contributed by atoms with E-state index >= 15 is 0 Å². The Kier molecular flexibility index (Phi) is 6.53. The summed E-state index contributed by atoms with van der Waals surface area (Å²) in [4.78, 5) is 0. The fourth-order valence-electron chi connectivity index (χ4n) is 1.88. The van der Waals surface area contributed by atoms with Crippen LogP contribution >= 0.6 is 0 Å². The zero-order valence-electron chi connectivity index (χ0n) is 14.0. The summed E-state index contributed by atoms with van der Waals surface area (Å²) < 4.78 is 0. The highest BCUT2D eigenvalue weighted by atomic mass is 15.1. The molecule has 2 aromatic carbocycles. The predicted octanol–water partition coefficient (Wildman–Crippen LogP) is 5.71. The van der Waals surface area contributed by atoms with Gasteiger partial charge < -0.3 is 10.6 Å². The summed E-state index contributed by atoms with van der Waals surface area (Å²) in [6, 6.07) is 17.8. The van der Waals surface area contributed by atoms with E-state index in [1.165, 1.54) is 0 Å². The van der Waals surface area contributed by atoms with Crippen molar-refractivity contribution in [2.75, 3.05) is 12.4 Å². The van der Waals surface area contributed by atoms with Crippen LogP contribution < -0.4 is 10.6 Å². The third kappa shape index (κ3) is 5.57. The summed E-state index contributed by atoms with van der Waals surface area (Å²) in [5.41, 5.74) is 4.45. The molecule has 24 heavy (non-hydrogen) atoms. The van der Waals surface area contributed by atoms with Gasteiger partial charge in [-0.25, -0.2) is 0 Å². The molecule has 0 spiro atoms. The molecule has 0 atom stereocenters. The normalized spacial score (nSPS) is 11.8. The molecule has 0 amide bonds. The van der Waals surface area contributed by atoms with Crippen LogP contribution in [0.15, 0.2) is 101 Å². The van der Waals surface area contributed by atoms with Gasteiger partial charge in [0.1, 0.15) is 0 Å². The van der Waals surface area contributed by atoms with Crippen LogP contribution in [0.2, 0.25) is 0 Å². The van der Waals surface area contributed by atoms with E-state index in [2.05, 4.69) is 27.4 Å². The number of anilines is 2. The van der Waals surface area contributed by atoms with Crippen LogP contribution in [0.5, 0.6) is 0 Å². The van der Waals surface area contributed by atoms with Crippen molar-refractivity contribution in [1.82, 2.24) is 5.32 Å². The van der Waals surface area contributed by atoms with Crippen LogP contribution in [0, 0.1) is 0 Å². The molecule has 0 saturated heterocycles. The van der Waals surface area contributed by atoms with Crippen molar-refractivity contribution in [3.63, 3.8) is 0 Å². The summed E-state index contributed by atoms with van der Waals surface area (Å²) in [5, 5.41) is 14.7. The summed E-state index contributed by atoms with van der Waals surface area (Å²) in [7, 11) is 1.85. The Morgan fingerprint density at radius 1 is 1.00 bits per heavy atom. The number of benzene rings is 2. The number of hydrogen-bond acceptors (Lipinski definition) is 4. The minimum absolute atomic E-state index is 0.641. The average molecular weight is 318 g/mol. The SMILES string of the molecule is C=C(/N=N/c1ccc(Nc2ccccc2)cc1)/C(C)=C\C=C/NC. The van der Waals surface area contributed by atoms with E-state index in [-0.39, 0.29) is 0 Å². The van der Waals surface area contributed by atoms with Gasteiger partial charge >= 0.3 is 0 Å². The van der Waals surface area contributed by atoms with Gasteiger partial charge in [-0.1, -0.05) is 30.9 Å². The highest BCUT2D eigenvalue weighted by molar-refractivity contribution is 5.61. The van der Waals surface area contributed by atoms with Crippen molar-refractivity contribution in [3.8, 4) is 0 Å². The van der Waals surface area contributed by atoms with E-state index in [1.807, 2.05) is 86.9 Å². The second-order valence-corrected chi connectivity index (χ2v) is 5.18. The van der Waals surface area contributed by atoms with E-state index in [9.17, 15) is 0 Å². The van der Waals surface area contributed by atoms with E-state index in [0.29, 0.717) is 5.70 Å². The van der Waals surface area contributed by atoms with Gasteiger partial charge in [0.2, 0.25) is 0 Å². The van der Waals surface area contributed by atoms with Gasteiger partial charge in [-0.15, -0.1) is 0 Å². The minimum Gasteiger partial charge on any atom is -0.394 e. The number of rotatable bonds is 7. The summed E-state index contributed by atoms with van der Waals surface area (Å²) >= 11 is 0. The molecule has 0 radical (unpaired) electrons. The van der Waals surface area contributed by atoms with Crippen LogP contribution in [-0.4, -0.2) is 7.05 Å². The lowest BCUT2D eigenvalue weighted by atomic mass is 10.2. The lowest BCUT2D eigenvalue weighted by molar-refractivity contribution is 1.10. The molecule has 0 heterocycles. The second-order valence-electron chi connectivity index (χ2n) is 5.18. The van der Waals surface area contributed by atoms with Crippen molar-refractivity contribution >= 4 is 17.1 Å². The van der Waals surface area contributed by atoms with Crippen LogP contribution in [0.3, 0.4) is 0 Å². The smallest absolute Gasteiger partial charge is 0.0858 e. The summed E-state index contributed by atoms with van der Waals surface area (Å²) in [5.74, 6) is 0. The van der Waals surface area contributed by atoms with Crippen LogP contribution in [0.25, 0.3) is 0 Å². The molecule has 2 N–H and O–H groups in total. The molecular formula is C20H22N4. The quantitative estimate of drug-likeness (QED) is 0.507. The number of nitrogens with one attached hydrogen (secondary N) is 2. The standard InChI is InChI=1S/C20H22N4/c1-16(8-7-15-21-3)17(2)23-24-20-13-11-19(12-14-20)22-18-9-5-4-6-10-18/h4-15,21-22H,2H2,1,3H3/b15-7-,16-8-,24-23+. The number of allylic oxidation sites excluding steroid dienone is 3. The second kappa shape index (κ2) is 9.10. The van der Waals surface area contributed by atoms with Crippen molar-refractivity contribution in [2.45, 2.75) is 6.92 Å². The Morgan fingerprint density at radius 2 is 1.67 bits per heavy atom. The Morgan fingerprint density at radius 3 is 2.33 bits per heavy atom. The zero-order chi connectivity index (χ0) is 17.2. The molecule has 0 bridgehead atoms. The number of para-hydroxylation sites is 1.